The molecule has 0 aliphatic rings. The van der Waals surface area contributed by atoms with Crippen LogP contribution in [0, 0.1) is 0 Å². The van der Waals surface area contributed by atoms with Gasteiger partial charge in [-0.15, -0.1) is 0 Å². The summed E-state index contributed by atoms with van der Waals surface area (Å²) >= 11 is 13.8. The maximum Gasteiger partial charge on any atom is 0.243 e. The van der Waals surface area contributed by atoms with E-state index in [1.54, 1.807) is 12.3 Å². The van der Waals surface area contributed by atoms with Gasteiger partial charge in [0.05, 0.1) is 63.8 Å². The van der Waals surface area contributed by atoms with Crippen molar-refractivity contribution in [2.24, 2.45) is 5.14 Å². The fourth-order valence-electron chi connectivity index (χ4n) is 4.53. The Labute approximate surface area is 251 Å². The summed E-state index contributed by atoms with van der Waals surface area (Å²) < 4.78 is 22.1. The molecule has 2 N–H and O–H groups in total. The van der Waals surface area contributed by atoms with Crippen molar-refractivity contribution in [3.05, 3.63) is 70.2 Å². The van der Waals surface area contributed by atoms with Gasteiger partial charge >= 0.3 is 0 Å². The number of hydrogen-bond acceptors (Lipinski definition) is 8. The zero-order valence-corrected chi connectivity index (χ0v) is 25.5. The summed E-state index contributed by atoms with van der Waals surface area (Å²) in [6.45, 7) is 5.67. The topological polar surface area (TPSA) is 130 Å². The molecule has 4 aromatic rings. The minimum absolute atomic E-state index is 0.0919. The predicted molar refractivity (Wildman–Crippen MR) is 162 cm³/mol. The molecule has 0 spiro atoms. The van der Waals surface area contributed by atoms with E-state index < -0.39 is 15.7 Å². The summed E-state index contributed by atoms with van der Waals surface area (Å²) in [4.78, 5) is 29.1. The van der Waals surface area contributed by atoms with Gasteiger partial charge in [-0.1, -0.05) is 66.5 Å². The largest absolute Gasteiger partial charge is 0.480 e. The van der Waals surface area contributed by atoms with Crippen molar-refractivity contribution in [2.75, 3.05) is 14.2 Å². The van der Waals surface area contributed by atoms with E-state index in [1.807, 2.05) is 51.1 Å². The number of carbonyl (C=O) groups excluding carboxylic acids is 1. The van der Waals surface area contributed by atoms with Crippen LogP contribution in [-0.4, -0.2) is 49.4 Å². The number of aromatic nitrogens is 4. The molecule has 0 saturated heterocycles. The lowest BCUT2D eigenvalue weighted by atomic mass is 9.95. The van der Waals surface area contributed by atoms with Gasteiger partial charge in [-0.3, -0.25) is 14.9 Å². The monoisotopic (exact) mass is 613 g/mol. The zero-order chi connectivity index (χ0) is 29.9. The first-order chi connectivity index (χ1) is 19.5. The summed E-state index contributed by atoms with van der Waals surface area (Å²) in [7, 11) is 1.44. The summed E-state index contributed by atoms with van der Waals surface area (Å²) in [6.07, 6.45) is 4.21. The van der Waals surface area contributed by atoms with Crippen LogP contribution in [0.25, 0.3) is 33.6 Å². The Kier molecular flexibility index (Phi) is 9.38. The van der Waals surface area contributed by atoms with Gasteiger partial charge in [0.15, 0.2) is 12.0 Å². The van der Waals surface area contributed by atoms with E-state index in [-0.39, 0.29) is 17.5 Å². The standard InChI is InChI=1S/C29H29Cl2N5O4S/c1-16(12-29(2,3)41(32)38)26-28(40-5)36-22(14-34-26)20-11-7-9-18(25(20)31)17-8-6-10-19(24(17)30)21-13-33-23(15-37)27(35-21)39-4/h6-11,13-16H,12,32H2,1-5H3/t16-,41?/m1/s1. The Hall–Kier alpha value is -3.44. The third-order valence-corrected chi connectivity index (χ3v) is 8.75. The Bertz CT molecular complexity index is 1630. The summed E-state index contributed by atoms with van der Waals surface area (Å²) in [5, 5.41) is 6.50. The Morgan fingerprint density at radius 1 is 0.902 bits per heavy atom. The number of aldehydes is 1. The van der Waals surface area contributed by atoms with Crippen molar-refractivity contribution in [2.45, 2.75) is 37.9 Å². The average Bonchev–Trinajstić information content (AvgIpc) is 2.96. The van der Waals surface area contributed by atoms with Crippen LogP contribution in [0.2, 0.25) is 10.0 Å². The van der Waals surface area contributed by atoms with E-state index in [0.29, 0.717) is 68.0 Å². The van der Waals surface area contributed by atoms with Gasteiger partial charge in [0.1, 0.15) is 5.69 Å². The lowest BCUT2D eigenvalue weighted by molar-refractivity contribution is 0.111. The van der Waals surface area contributed by atoms with Crippen molar-refractivity contribution >= 4 is 40.5 Å². The summed E-state index contributed by atoms with van der Waals surface area (Å²) in [5.41, 5.74) is 4.24. The van der Waals surface area contributed by atoms with E-state index in [2.05, 4.69) is 15.0 Å². The van der Waals surface area contributed by atoms with Crippen molar-refractivity contribution in [1.82, 2.24) is 19.9 Å². The lowest BCUT2D eigenvalue weighted by Crippen LogP contribution is -2.33. The van der Waals surface area contributed by atoms with Crippen molar-refractivity contribution < 1.29 is 18.5 Å². The first-order valence-electron chi connectivity index (χ1n) is 12.5. The number of carbonyl (C=O) groups is 1. The summed E-state index contributed by atoms with van der Waals surface area (Å²) in [6, 6.07) is 11.0. The van der Waals surface area contributed by atoms with E-state index >= 15 is 0 Å². The lowest BCUT2D eigenvalue weighted by Gasteiger charge is -2.25. The van der Waals surface area contributed by atoms with Crippen LogP contribution in [0.4, 0.5) is 0 Å². The van der Waals surface area contributed by atoms with Gasteiger partial charge in [0.25, 0.3) is 0 Å². The third-order valence-electron chi connectivity index (χ3n) is 6.68. The molecule has 41 heavy (non-hydrogen) atoms. The number of halogens is 2. The quantitative estimate of drug-likeness (QED) is 0.206. The smallest absolute Gasteiger partial charge is 0.243 e. The van der Waals surface area contributed by atoms with Gasteiger partial charge in [0, 0.05) is 28.2 Å². The molecule has 2 heterocycles. The fourth-order valence-corrected chi connectivity index (χ4v) is 5.60. The maximum atomic E-state index is 12.0. The maximum absolute atomic E-state index is 12.0. The number of methoxy groups -OCH3 is 2. The first-order valence-corrected chi connectivity index (χ1v) is 14.5. The molecule has 12 heteroatoms. The molecule has 1 unspecified atom stereocenters. The highest BCUT2D eigenvalue weighted by Gasteiger charge is 2.29. The third kappa shape index (κ3) is 6.25. The SMILES string of the molecule is COc1nc(-c2cccc(-c3cccc(-c4cnc([C@H](C)CC(C)(C)S(N)=O)c(OC)n4)c3Cl)c2Cl)cnc1C=O. The van der Waals surface area contributed by atoms with Gasteiger partial charge < -0.3 is 9.47 Å². The number of hydrogen-bond donors (Lipinski definition) is 1. The molecule has 0 bridgehead atoms. The molecule has 4 rings (SSSR count). The number of nitrogens with two attached hydrogens (primary N) is 1. The molecule has 0 amide bonds. The number of benzene rings is 2. The molecular weight excluding hydrogens is 585 g/mol. The molecule has 0 aliphatic carbocycles. The van der Waals surface area contributed by atoms with Gasteiger partial charge in [-0.2, -0.15) is 0 Å². The van der Waals surface area contributed by atoms with Gasteiger partial charge in [0.2, 0.25) is 11.8 Å². The van der Waals surface area contributed by atoms with Crippen LogP contribution >= 0.6 is 23.2 Å². The first kappa shape index (κ1) is 30.5. The van der Waals surface area contributed by atoms with Crippen LogP contribution in [0.3, 0.4) is 0 Å². The highest BCUT2D eigenvalue weighted by molar-refractivity contribution is 7.84. The van der Waals surface area contributed by atoms with E-state index in [4.69, 9.17) is 42.8 Å². The van der Waals surface area contributed by atoms with Crippen molar-refractivity contribution in [1.29, 1.82) is 0 Å². The molecule has 214 valence electrons. The van der Waals surface area contributed by atoms with Gasteiger partial charge in [-0.05, 0) is 20.3 Å². The molecular formula is C29H29Cl2N5O4S. The van der Waals surface area contributed by atoms with Crippen LogP contribution in [-0.2, 0) is 11.0 Å². The summed E-state index contributed by atoms with van der Waals surface area (Å²) in [5.74, 6) is 0.338. The Morgan fingerprint density at radius 3 is 1.88 bits per heavy atom. The predicted octanol–water partition coefficient (Wildman–Crippen LogP) is 6.30. The van der Waals surface area contributed by atoms with E-state index in [1.165, 1.54) is 20.4 Å². The Balaban J connectivity index is 1.75. The molecule has 2 aromatic carbocycles. The van der Waals surface area contributed by atoms with Crippen LogP contribution < -0.4 is 14.6 Å². The van der Waals surface area contributed by atoms with Gasteiger partial charge in [-0.25, -0.2) is 19.2 Å². The zero-order valence-electron chi connectivity index (χ0n) is 23.1. The second kappa shape index (κ2) is 12.6. The molecule has 0 aliphatic heterocycles. The molecule has 2 atom stereocenters. The van der Waals surface area contributed by atoms with Crippen LogP contribution in [0.1, 0.15) is 49.3 Å². The minimum Gasteiger partial charge on any atom is -0.480 e. The molecule has 0 radical (unpaired) electrons. The van der Waals surface area contributed by atoms with Crippen molar-refractivity contribution in [3.8, 4) is 45.4 Å². The number of ether oxygens (including phenoxy) is 2. The fraction of sp³-hybridized carbons (Fsp3) is 0.276. The number of rotatable bonds is 10. The molecule has 9 nitrogen and oxygen atoms in total. The van der Waals surface area contributed by atoms with Crippen LogP contribution in [0.15, 0.2) is 48.8 Å². The Morgan fingerprint density at radius 2 is 1.39 bits per heavy atom. The second-order valence-corrected chi connectivity index (χ2v) is 12.4. The highest BCUT2D eigenvalue weighted by atomic mass is 35.5. The molecule has 2 aromatic heterocycles. The second-order valence-electron chi connectivity index (χ2n) is 9.91. The van der Waals surface area contributed by atoms with E-state index in [9.17, 15) is 9.00 Å². The molecule has 0 saturated carbocycles. The average molecular weight is 615 g/mol. The normalized spacial score (nSPS) is 13.0. The minimum atomic E-state index is -1.50. The molecule has 0 fully saturated rings. The van der Waals surface area contributed by atoms with Crippen LogP contribution in [0.5, 0.6) is 11.8 Å². The van der Waals surface area contributed by atoms with E-state index in [0.717, 1.165) is 0 Å². The number of nitrogens with zero attached hydrogens (tertiary/aromatic N) is 4. The van der Waals surface area contributed by atoms with Crippen molar-refractivity contribution in [3.63, 3.8) is 0 Å². The highest BCUT2D eigenvalue weighted by Crippen LogP contribution is 2.42.